The van der Waals surface area contributed by atoms with Crippen molar-refractivity contribution in [3.05, 3.63) is 59.7 Å². The SMILES string of the molecule is COc1ccc(-c2c(Cc3ccccc3OC)c(O[C@@H]3O[C@H](CO)[C@@H](O)[C@H](O)[C@H]3O)nn2C(C)C)cc1. The monoisotopic (exact) mass is 514 g/mol. The minimum Gasteiger partial charge on any atom is -0.497 e. The molecule has 0 spiro atoms. The van der Waals surface area contributed by atoms with E-state index in [-0.39, 0.29) is 11.9 Å². The molecule has 0 bridgehead atoms. The highest BCUT2D eigenvalue weighted by Gasteiger charge is 2.45. The third kappa shape index (κ3) is 5.43. The Kier molecular flexibility index (Phi) is 8.35. The fourth-order valence-electron chi connectivity index (χ4n) is 4.45. The van der Waals surface area contributed by atoms with E-state index >= 15 is 0 Å². The van der Waals surface area contributed by atoms with E-state index < -0.39 is 37.3 Å². The zero-order valence-corrected chi connectivity index (χ0v) is 21.3. The first kappa shape index (κ1) is 26.9. The number of ether oxygens (including phenoxy) is 4. The van der Waals surface area contributed by atoms with Crippen molar-refractivity contribution in [2.75, 3.05) is 20.8 Å². The molecule has 10 nitrogen and oxygen atoms in total. The van der Waals surface area contributed by atoms with Crippen LogP contribution in [0.15, 0.2) is 48.5 Å². The smallest absolute Gasteiger partial charge is 0.239 e. The zero-order valence-electron chi connectivity index (χ0n) is 21.3. The summed E-state index contributed by atoms with van der Waals surface area (Å²) < 4.78 is 24.4. The molecule has 1 saturated heterocycles. The van der Waals surface area contributed by atoms with E-state index in [1.165, 1.54) is 0 Å². The molecule has 0 radical (unpaired) electrons. The average molecular weight is 515 g/mol. The summed E-state index contributed by atoms with van der Waals surface area (Å²) in [6, 6.07) is 15.1. The van der Waals surface area contributed by atoms with Gasteiger partial charge in [0.25, 0.3) is 0 Å². The first-order valence-corrected chi connectivity index (χ1v) is 12.1. The van der Waals surface area contributed by atoms with E-state index in [1.807, 2.05) is 67.1 Å². The van der Waals surface area contributed by atoms with E-state index in [2.05, 4.69) is 0 Å². The van der Waals surface area contributed by atoms with Crippen LogP contribution >= 0.6 is 0 Å². The molecule has 1 fully saturated rings. The number of aliphatic hydroxyl groups excluding tert-OH is 4. The highest BCUT2D eigenvalue weighted by atomic mass is 16.7. The standard InChI is InChI=1S/C27H34N2O8/c1-15(2)29-22(16-9-11-18(34-3)12-10-16)19(13-17-7-5-6-8-20(17)35-4)26(28-29)37-27-25(33)24(32)23(31)21(14-30)36-27/h5-12,15,21,23-25,27,30-33H,13-14H2,1-4H3/t21-,23-,24+,25-,27+/m1/s1. The van der Waals surface area contributed by atoms with Crippen molar-refractivity contribution in [3.8, 4) is 28.6 Å². The Labute approximate surface area is 215 Å². The van der Waals surface area contributed by atoms with Gasteiger partial charge in [-0.2, -0.15) is 0 Å². The number of methoxy groups -OCH3 is 2. The Bertz CT molecular complexity index is 1180. The number of nitrogens with zero attached hydrogens (tertiary/aromatic N) is 2. The van der Waals surface area contributed by atoms with Crippen LogP contribution in [0.5, 0.6) is 17.4 Å². The van der Waals surface area contributed by atoms with Gasteiger partial charge in [0, 0.05) is 23.6 Å². The van der Waals surface area contributed by atoms with Gasteiger partial charge in [0.1, 0.15) is 35.9 Å². The number of aliphatic hydroxyl groups is 4. The number of para-hydroxylation sites is 1. The fraction of sp³-hybridized carbons (Fsp3) is 0.444. The van der Waals surface area contributed by atoms with Crippen LogP contribution in [0.2, 0.25) is 0 Å². The Morgan fingerprint density at radius 3 is 2.27 bits per heavy atom. The van der Waals surface area contributed by atoms with Gasteiger partial charge in [-0.25, -0.2) is 0 Å². The molecule has 4 rings (SSSR count). The summed E-state index contributed by atoms with van der Waals surface area (Å²) in [5, 5.41) is 45.4. The number of hydrogen-bond acceptors (Lipinski definition) is 9. The normalized spacial score (nSPS) is 23.8. The third-order valence-electron chi connectivity index (χ3n) is 6.46. The molecule has 0 amide bonds. The predicted octanol–water partition coefficient (Wildman–Crippen LogP) is 1.92. The van der Waals surface area contributed by atoms with E-state index in [0.717, 1.165) is 16.8 Å². The second-order valence-electron chi connectivity index (χ2n) is 9.20. The topological polar surface area (TPSA) is 136 Å². The minimum atomic E-state index is -1.57. The Balaban J connectivity index is 1.83. The quantitative estimate of drug-likeness (QED) is 0.338. The van der Waals surface area contributed by atoms with Gasteiger partial charge in [-0.3, -0.25) is 4.68 Å². The van der Waals surface area contributed by atoms with Crippen molar-refractivity contribution < 1.29 is 39.4 Å². The van der Waals surface area contributed by atoms with Crippen LogP contribution < -0.4 is 14.2 Å². The van der Waals surface area contributed by atoms with Gasteiger partial charge in [-0.1, -0.05) is 18.2 Å². The number of hydrogen-bond donors (Lipinski definition) is 4. The molecule has 5 atom stereocenters. The maximum absolute atomic E-state index is 10.6. The van der Waals surface area contributed by atoms with Gasteiger partial charge in [-0.05, 0) is 49.7 Å². The highest BCUT2D eigenvalue weighted by molar-refractivity contribution is 5.68. The molecule has 0 aliphatic carbocycles. The minimum absolute atomic E-state index is 0.0549. The van der Waals surface area contributed by atoms with Gasteiger partial charge in [-0.15, -0.1) is 5.10 Å². The van der Waals surface area contributed by atoms with E-state index in [0.29, 0.717) is 23.5 Å². The van der Waals surface area contributed by atoms with Gasteiger partial charge >= 0.3 is 0 Å². The molecule has 1 aliphatic rings. The summed E-state index contributed by atoms with van der Waals surface area (Å²) >= 11 is 0. The summed E-state index contributed by atoms with van der Waals surface area (Å²) in [7, 11) is 3.21. The average Bonchev–Trinajstić information content (AvgIpc) is 3.27. The predicted molar refractivity (Wildman–Crippen MR) is 135 cm³/mol. The van der Waals surface area contributed by atoms with Crippen LogP contribution in [-0.4, -0.2) is 81.7 Å². The van der Waals surface area contributed by atoms with Gasteiger partial charge in [0.05, 0.1) is 26.5 Å². The van der Waals surface area contributed by atoms with Crippen molar-refractivity contribution in [2.24, 2.45) is 0 Å². The van der Waals surface area contributed by atoms with Crippen molar-refractivity contribution >= 4 is 0 Å². The van der Waals surface area contributed by atoms with E-state index in [4.69, 9.17) is 24.0 Å². The van der Waals surface area contributed by atoms with Gasteiger partial charge in [0.2, 0.25) is 12.2 Å². The third-order valence-corrected chi connectivity index (χ3v) is 6.46. The van der Waals surface area contributed by atoms with Crippen LogP contribution in [0.1, 0.15) is 31.0 Å². The molecular formula is C27H34N2O8. The van der Waals surface area contributed by atoms with Crippen molar-refractivity contribution in [1.29, 1.82) is 0 Å². The van der Waals surface area contributed by atoms with Crippen LogP contribution in [0.25, 0.3) is 11.3 Å². The Hall–Kier alpha value is -3.15. The lowest BCUT2D eigenvalue weighted by molar-refractivity contribution is -0.278. The van der Waals surface area contributed by atoms with Crippen molar-refractivity contribution in [1.82, 2.24) is 9.78 Å². The second-order valence-corrected chi connectivity index (χ2v) is 9.20. The van der Waals surface area contributed by atoms with Crippen LogP contribution in [0, 0.1) is 0 Å². The van der Waals surface area contributed by atoms with Gasteiger partial charge in [0.15, 0.2) is 0 Å². The lowest BCUT2D eigenvalue weighted by atomic mass is 9.98. The largest absolute Gasteiger partial charge is 0.497 e. The molecule has 4 N–H and O–H groups in total. The molecule has 2 heterocycles. The molecule has 37 heavy (non-hydrogen) atoms. The molecule has 2 aromatic carbocycles. The summed E-state index contributed by atoms with van der Waals surface area (Å²) in [6.07, 6.45) is -6.71. The maximum Gasteiger partial charge on any atom is 0.239 e. The molecule has 3 aromatic rings. The van der Waals surface area contributed by atoms with Crippen molar-refractivity contribution in [3.63, 3.8) is 0 Å². The highest BCUT2D eigenvalue weighted by Crippen LogP contribution is 2.38. The first-order valence-electron chi connectivity index (χ1n) is 12.1. The maximum atomic E-state index is 10.6. The molecule has 1 aliphatic heterocycles. The molecule has 0 saturated carbocycles. The molecule has 1 aromatic heterocycles. The lowest BCUT2D eigenvalue weighted by Crippen LogP contribution is -2.60. The Morgan fingerprint density at radius 1 is 0.946 bits per heavy atom. The summed E-state index contributed by atoms with van der Waals surface area (Å²) in [6.45, 7) is 3.42. The fourth-order valence-corrected chi connectivity index (χ4v) is 4.45. The van der Waals surface area contributed by atoms with Crippen LogP contribution in [0.4, 0.5) is 0 Å². The molecule has 200 valence electrons. The van der Waals surface area contributed by atoms with Crippen LogP contribution in [-0.2, 0) is 11.2 Å². The lowest BCUT2D eigenvalue weighted by Gasteiger charge is -2.39. The summed E-state index contributed by atoms with van der Waals surface area (Å²) in [5.41, 5.74) is 3.26. The first-order chi connectivity index (χ1) is 17.8. The van der Waals surface area contributed by atoms with Crippen LogP contribution in [0.3, 0.4) is 0 Å². The number of rotatable bonds is 9. The summed E-state index contributed by atoms with van der Waals surface area (Å²) in [5.74, 6) is 1.59. The number of benzene rings is 2. The molecule has 10 heteroatoms. The van der Waals surface area contributed by atoms with E-state index in [1.54, 1.807) is 14.2 Å². The summed E-state index contributed by atoms with van der Waals surface area (Å²) in [4.78, 5) is 0. The second kappa shape index (κ2) is 11.5. The zero-order chi connectivity index (χ0) is 26.7. The molecular weight excluding hydrogens is 480 g/mol. The van der Waals surface area contributed by atoms with E-state index in [9.17, 15) is 20.4 Å². The molecule has 0 unspecified atom stereocenters. The Morgan fingerprint density at radius 2 is 1.65 bits per heavy atom. The number of aromatic nitrogens is 2. The van der Waals surface area contributed by atoms with Crippen molar-refractivity contribution in [2.45, 2.75) is 57.0 Å². The van der Waals surface area contributed by atoms with Gasteiger partial charge < -0.3 is 39.4 Å².